The zero-order chi connectivity index (χ0) is 20.1. The summed E-state index contributed by atoms with van der Waals surface area (Å²) in [6.45, 7) is 2.72. The zero-order valence-electron chi connectivity index (χ0n) is 15.9. The van der Waals surface area contributed by atoms with E-state index in [9.17, 15) is 13.2 Å². The summed E-state index contributed by atoms with van der Waals surface area (Å²) in [6.07, 6.45) is 2.97. The van der Waals surface area contributed by atoms with Crippen molar-refractivity contribution in [1.82, 2.24) is 10.2 Å². The number of nitrogens with zero attached hydrogens (tertiary/aromatic N) is 1. The topological polar surface area (TPSA) is 66.5 Å². The van der Waals surface area contributed by atoms with E-state index in [1.807, 2.05) is 24.3 Å². The number of benzene rings is 2. The molecule has 1 aliphatic rings. The number of carbonyl (C=O) groups is 1. The van der Waals surface area contributed by atoms with Crippen LogP contribution in [0.1, 0.15) is 34.3 Å². The first kappa shape index (κ1) is 20.8. The average Bonchev–Trinajstić information content (AvgIpc) is 2.64. The lowest BCUT2D eigenvalue weighted by atomic mass is 10.0. The van der Waals surface area contributed by atoms with E-state index in [0.29, 0.717) is 11.1 Å². The average molecular weight is 421 g/mol. The van der Waals surface area contributed by atoms with Gasteiger partial charge in [-0.15, -0.1) is 0 Å². The lowest BCUT2D eigenvalue weighted by molar-refractivity contribution is 0.0909. The van der Waals surface area contributed by atoms with Gasteiger partial charge in [0.05, 0.1) is 5.75 Å². The van der Waals surface area contributed by atoms with Crippen LogP contribution in [-0.4, -0.2) is 44.6 Å². The second-order valence-electron chi connectivity index (χ2n) is 7.42. The molecule has 0 unspecified atom stereocenters. The molecule has 1 N–H and O–H groups in total. The van der Waals surface area contributed by atoms with Crippen LogP contribution in [0.4, 0.5) is 0 Å². The number of piperidine rings is 1. The molecule has 0 atom stereocenters. The zero-order valence-corrected chi connectivity index (χ0v) is 17.5. The summed E-state index contributed by atoms with van der Waals surface area (Å²) >= 11 is 5.93. The molecule has 2 aromatic rings. The molecule has 5 nitrogen and oxygen atoms in total. The minimum atomic E-state index is -3.13. The SMILES string of the molecule is CS(=O)(=O)Cc1cccc(C(=O)NC2CCN(Cc3ccc(Cl)cc3)CC2)c1. The second kappa shape index (κ2) is 9.07. The van der Waals surface area contributed by atoms with E-state index in [4.69, 9.17) is 11.6 Å². The van der Waals surface area contributed by atoms with E-state index in [1.165, 1.54) is 11.8 Å². The molecule has 150 valence electrons. The summed E-state index contributed by atoms with van der Waals surface area (Å²) in [5.74, 6) is -0.205. The van der Waals surface area contributed by atoms with E-state index in [2.05, 4.69) is 10.2 Å². The molecule has 0 aromatic heterocycles. The van der Waals surface area contributed by atoms with Crippen molar-refractivity contribution in [2.45, 2.75) is 31.2 Å². The van der Waals surface area contributed by atoms with Crippen LogP contribution in [-0.2, 0) is 22.1 Å². The number of carbonyl (C=O) groups excluding carboxylic acids is 1. The molecule has 1 amide bonds. The minimum Gasteiger partial charge on any atom is -0.349 e. The summed E-state index contributed by atoms with van der Waals surface area (Å²) in [6, 6.07) is 14.9. The lowest BCUT2D eigenvalue weighted by Crippen LogP contribution is -2.44. The molecule has 28 heavy (non-hydrogen) atoms. The number of rotatable bonds is 6. The molecule has 1 saturated heterocycles. The third-order valence-electron chi connectivity index (χ3n) is 4.86. The third-order valence-corrected chi connectivity index (χ3v) is 5.97. The number of hydrogen-bond donors (Lipinski definition) is 1. The van der Waals surface area contributed by atoms with Crippen LogP contribution in [0, 0.1) is 0 Å². The third kappa shape index (κ3) is 6.33. The molecule has 3 rings (SSSR count). The maximum absolute atomic E-state index is 12.5. The quantitative estimate of drug-likeness (QED) is 0.778. The molecular weight excluding hydrogens is 396 g/mol. The number of amides is 1. The molecule has 0 radical (unpaired) electrons. The van der Waals surface area contributed by atoms with Crippen LogP contribution < -0.4 is 5.32 Å². The van der Waals surface area contributed by atoms with Crippen molar-refractivity contribution in [1.29, 1.82) is 0 Å². The van der Waals surface area contributed by atoms with Gasteiger partial charge < -0.3 is 5.32 Å². The fraction of sp³-hybridized carbons (Fsp3) is 0.381. The lowest BCUT2D eigenvalue weighted by Gasteiger charge is -2.32. The molecule has 1 fully saturated rings. The first-order valence-corrected chi connectivity index (χ1v) is 11.8. The van der Waals surface area contributed by atoms with Crippen molar-refractivity contribution in [3.8, 4) is 0 Å². The highest BCUT2D eigenvalue weighted by Gasteiger charge is 2.21. The van der Waals surface area contributed by atoms with Crippen molar-refractivity contribution in [3.63, 3.8) is 0 Å². The van der Waals surface area contributed by atoms with Crippen LogP contribution in [0.15, 0.2) is 48.5 Å². The highest BCUT2D eigenvalue weighted by Crippen LogP contribution is 2.17. The number of halogens is 1. The van der Waals surface area contributed by atoms with Crippen LogP contribution in [0.5, 0.6) is 0 Å². The van der Waals surface area contributed by atoms with Crippen molar-refractivity contribution >= 4 is 27.3 Å². The van der Waals surface area contributed by atoms with E-state index in [1.54, 1.807) is 24.3 Å². The van der Waals surface area contributed by atoms with Gasteiger partial charge in [0.15, 0.2) is 9.84 Å². The molecule has 0 spiro atoms. The largest absolute Gasteiger partial charge is 0.349 e. The second-order valence-corrected chi connectivity index (χ2v) is 10.00. The Morgan fingerprint density at radius 3 is 2.43 bits per heavy atom. The van der Waals surface area contributed by atoms with Crippen molar-refractivity contribution in [3.05, 3.63) is 70.2 Å². The fourth-order valence-electron chi connectivity index (χ4n) is 3.46. The van der Waals surface area contributed by atoms with Gasteiger partial charge in [-0.25, -0.2) is 8.42 Å². The van der Waals surface area contributed by atoms with Crippen molar-refractivity contribution < 1.29 is 13.2 Å². The number of likely N-dealkylation sites (tertiary alicyclic amines) is 1. The smallest absolute Gasteiger partial charge is 0.251 e. The Morgan fingerprint density at radius 2 is 1.79 bits per heavy atom. The van der Waals surface area contributed by atoms with Gasteiger partial charge in [-0.2, -0.15) is 0 Å². The van der Waals surface area contributed by atoms with E-state index in [-0.39, 0.29) is 17.7 Å². The molecule has 2 aromatic carbocycles. The summed E-state index contributed by atoms with van der Waals surface area (Å²) in [5.41, 5.74) is 2.37. The summed E-state index contributed by atoms with van der Waals surface area (Å²) in [5, 5.41) is 3.83. The number of nitrogens with one attached hydrogen (secondary N) is 1. The molecule has 1 aliphatic heterocycles. The standard InChI is InChI=1S/C21H25ClN2O3S/c1-28(26,27)15-17-3-2-4-18(13-17)21(25)23-20-9-11-24(12-10-20)14-16-5-7-19(22)8-6-16/h2-8,13,20H,9-12,14-15H2,1H3,(H,23,25). The van der Waals surface area contributed by atoms with Gasteiger partial charge in [0.2, 0.25) is 0 Å². The Balaban J connectivity index is 1.51. The predicted octanol–water partition coefficient (Wildman–Crippen LogP) is 3.28. The fourth-order valence-corrected chi connectivity index (χ4v) is 4.37. The van der Waals surface area contributed by atoms with Crippen LogP contribution in [0.3, 0.4) is 0 Å². The van der Waals surface area contributed by atoms with E-state index < -0.39 is 9.84 Å². The first-order chi connectivity index (χ1) is 13.3. The van der Waals surface area contributed by atoms with Gasteiger partial charge in [0.25, 0.3) is 5.91 Å². The maximum atomic E-state index is 12.5. The highest BCUT2D eigenvalue weighted by atomic mass is 35.5. The van der Waals surface area contributed by atoms with Gasteiger partial charge in [-0.05, 0) is 48.2 Å². The monoisotopic (exact) mass is 420 g/mol. The minimum absolute atomic E-state index is 0.0583. The Hall–Kier alpha value is -1.89. The Bertz CT molecular complexity index is 921. The Morgan fingerprint density at radius 1 is 1.11 bits per heavy atom. The van der Waals surface area contributed by atoms with Gasteiger partial charge in [-0.3, -0.25) is 9.69 Å². The van der Waals surface area contributed by atoms with E-state index in [0.717, 1.165) is 37.5 Å². The first-order valence-electron chi connectivity index (χ1n) is 9.33. The van der Waals surface area contributed by atoms with Crippen LogP contribution >= 0.6 is 11.6 Å². The number of hydrogen-bond acceptors (Lipinski definition) is 4. The van der Waals surface area contributed by atoms with Gasteiger partial charge in [0, 0.05) is 42.5 Å². The normalized spacial score (nSPS) is 16.1. The molecule has 0 bridgehead atoms. The summed E-state index contributed by atoms with van der Waals surface area (Å²) < 4.78 is 22.9. The van der Waals surface area contributed by atoms with Gasteiger partial charge in [-0.1, -0.05) is 35.9 Å². The molecule has 0 aliphatic carbocycles. The highest BCUT2D eigenvalue weighted by molar-refractivity contribution is 7.89. The summed E-state index contributed by atoms with van der Waals surface area (Å²) in [4.78, 5) is 14.9. The number of sulfone groups is 1. The summed E-state index contributed by atoms with van der Waals surface area (Å²) in [7, 11) is -3.13. The Labute approximate surface area is 171 Å². The van der Waals surface area contributed by atoms with Crippen LogP contribution in [0.2, 0.25) is 5.02 Å². The molecular formula is C21H25ClN2O3S. The maximum Gasteiger partial charge on any atom is 0.251 e. The molecule has 0 saturated carbocycles. The predicted molar refractivity (Wildman–Crippen MR) is 112 cm³/mol. The van der Waals surface area contributed by atoms with Gasteiger partial charge >= 0.3 is 0 Å². The Kier molecular flexibility index (Phi) is 6.75. The molecule has 1 heterocycles. The molecule has 7 heteroatoms. The van der Waals surface area contributed by atoms with Crippen molar-refractivity contribution in [2.24, 2.45) is 0 Å². The van der Waals surface area contributed by atoms with E-state index >= 15 is 0 Å². The van der Waals surface area contributed by atoms with Gasteiger partial charge in [0.1, 0.15) is 0 Å². The van der Waals surface area contributed by atoms with Crippen molar-refractivity contribution in [2.75, 3.05) is 19.3 Å². The van der Waals surface area contributed by atoms with Crippen LogP contribution in [0.25, 0.3) is 0 Å².